The van der Waals surface area contributed by atoms with Gasteiger partial charge in [0.1, 0.15) is 11.9 Å². The summed E-state index contributed by atoms with van der Waals surface area (Å²) in [5, 5.41) is 11.4. The maximum absolute atomic E-state index is 14.3. The first kappa shape index (κ1) is 31.1. The van der Waals surface area contributed by atoms with Gasteiger partial charge in [-0.3, -0.25) is 15.0 Å². The van der Waals surface area contributed by atoms with Crippen molar-refractivity contribution in [3.05, 3.63) is 74.1 Å². The zero-order valence-electron chi connectivity index (χ0n) is 23.0. The fraction of sp³-hybridized carbons (Fsp3) is 0.464. The van der Waals surface area contributed by atoms with Crippen LogP contribution in [0.3, 0.4) is 0 Å². The van der Waals surface area contributed by atoms with Crippen LogP contribution in [0, 0.1) is 21.3 Å². The Morgan fingerprint density at radius 2 is 1.67 bits per heavy atom. The lowest BCUT2D eigenvalue weighted by atomic mass is 9.72. The number of carbonyl (C=O) groups is 1. The summed E-state index contributed by atoms with van der Waals surface area (Å²) in [5.74, 6) is -1.07. The zero-order valence-corrected chi connectivity index (χ0v) is 23.0. The summed E-state index contributed by atoms with van der Waals surface area (Å²) in [7, 11) is 1.27. The van der Waals surface area contributed by atoms with Crippen molar-refractivity contribution < 1.29 is 49.9 Å². The summed E-state index contributed by atoms with van der Waals surface area (Å²) in [4.78, 5) is 24.8. The molecule has 1 saturated heterocycles. The molecule has 0 saturated carbocycles. The third-order valence-corrected chi connectivity index (χ3v) is 7.65. The Hall–Kier alpha value is -3.84. The number of nitro groups is 1. The highest BCUT2D eigenvalue weighted by Crippen LogP contribution is 2.47. The Labute approximate surface area is 236 Å². The minimum absolute atomic E-state index is 0.000817. The summed E-state index contributed by atoms with van der Waals surface area (Å²) < 4.78 is 106. The SMILES string of the molecule is COc1cc(F)c([N+](=O)[O-])cc1C1=C(CN2C(=O)OC(c3cc(C(F)(F)F)cc(C(F)(F)F)c3)[C@@H]2C)CC(C)(C)CC1. The number of rotatable bonds is 6. The van der Waals surface area contributed by atoms with Gasteiger partial charge >= 0.3 is 24.1 Å². The number of nitrogens with zero attached hydrogens (tertiary/aromatic N) is 2. The average molecular weight is 605 g/mol. The van der Waals surface area contributed by atoms with Gasteiger partial charge in [-0.05, 0) is 66.5 Å². The van der Waals surface area contributed by atoms with Gasteiger partial charge in [-0.25, -0.2) is 4.79 Å². The van der Waals surface area contributed by atoms with E-state index in [2.05, 4.69) is 0 Å². The maximum atomic E-state index is 14.3. The van der Waals surface area contributed by atoms with Crippen molar-refractivity contribution in [2.24, 2.45) is 5.41 Å². The van der Waals surface area contributed by atoms with Gasteiger partial charge in [0.2, 0.25) is 5.82 Å². The van der Waals surface area contributed by atoms with Crippen molar-refractivity contribution in [1.29, 1.82) is 0 Å². The molecule has 1 unspecified atom stereocenters. The number of cyclic esters (lactones) is 1. The molecule has 14 heteroatoms. The lowest BCUT2D eigenvalue weighted by Crippen LogP contribution is -2.35. The minimum Gasteiger partial charge on any atom is -0.496 e. The van der Waals surface area contributed by atoms with Gasteiger partial charge in [0.05, 0.1) is 29.2 Å². The second kappa shape index (κ2) is 10.8. The number of ether oxygens (including phenoxy) is 2. The molecule has 1 fully saturated rings. The van der Waals surface area contributed by atoms with E-state index in [1.54, 1.807) is 0 Å². The van der Waals surface area contributed by atoms with Gasteiger partial charge < -0.3 is 9.47 Å². The van der Waals surface area contributed by atoms with Crippen LogP contribution < -0.4 is 4.74 Å². The Kier molecular flexibility index (Phi) is 7.98. The number of nitro benzene ring substituents is 1. The van der Waals surface area contributed by atoms with Crippen molar-refractivity contribution in [1.82, 2.24) is 4.90 Å². The summed E-state index contributed by atoms with van der Waals surface area (Å²) in [6.45, 7) is 5.24. The van der Waals surface area contributed by atoms with Crippen LogP contribution >= 0.6 is 0 Å². The summed E-state index contributed by atoms with van der Waals surface area (Å²) in [6, 6.07) is 2.03. The van der Waals surface area contributed by atoms with E-state index in [1.165, 1.54) is 18.9 Å². The molecule has 2 atom stereocenters. The molecule has 42 heavy (non-hydrogen) atoms. The average Bonchev–Trinajstić information content (AvgIpc) is 3.15. The summed E-state index contributed by atoms with van der Waals surface area (Å²) in [5.41, 5.74) is -3.15. The van der Waals surface area contributed by atoms with Gasteiger partial charge in [0, 0.05) is 24.2 Å². The molecule has 1 amide bonds. The first-order valence-corrected chi connectivity index (χ1v) is 12.8. The minimum atomic E-state index is -5.08. The van der Waals surface area contributed by atoms with E-state index in [0.717, 1.165) is 12.1 Å². The fourth-order valence-corrected chi connectivity index (χ4v) is 5.49. The molecule has 1 heterocycles. The van der Waals surface area contributed by atoms with Crippen LogP contribution in [0.25, 0.3) is 5.57 Å². The molecule has 1 aliphatic heterocycles. The molecule has 0 aromatic heterocycles. The number of hydrogen-bond acceptors (Lipinski definition) is 5. The van der Waals surface area contributed by atoms with E-state index in [-0.39, 0.29) is 29.3 Å². The van der Waals surface area contributed by atoms with Crippen molar-refractivity contribution >= 4 is 17.4 Å². The molecule has 0 N–H and O–H groups in total. The monoisotopic (exact) mass is 604 g/mol. The number of halogens is 7. The second-order valence-corrected chi connectivity index (χ2v) is 11.2. The molecular weight excluding hydrogens is 577 g/mol. The zero-order chi connectivity index (χ0) is 31.4. The van der Waals surface area contributed by atoms with Crippen molar-refractivity contribution in [3.8, 4) is 5.75 Å². The van der Waals surface area contributed by atoms with Crippen LogP contribution in [0.15, 0.2) is 35.9 Å². The molecule has 2 aromatic rings. The molecule has 0 spiro atoms. The van der Waals surface area contributed by atoms with E-state index in [9.17, 15) is 45.6 Å². The Morgan fingerprint density at radius 1 is 1.07 bits per heavy atom. The number of benzene rings is 2. The normalized spacial score (nSPS) is 21.0. The Morgan fingerprint density at radius 3 is 2.19 bits per heavy atom. The molecule has 228 valence electrons. The second-order valence-electron chi connectivity index (χ2n) is 11.2. The highest BCUT2D eigenvalue weighted by atomic mass is 19.4. The number of hydrogen-bond donors (Lipinski definition) is 0. The third-order valence-electron chi connectivity index (χ3n) is 7.65. The number of carbonyl (C=O) groups excluding carboxylic acids is 1. The number of alkyl halides is 6. The highest BCUT2D eigenvalue weighted by Gasteiger charge is 2.44. The van der Waals surface area contributed by atoms with Crippen molar-refractivity contribution in [3.63, 3.8) is 0 Å². The fourth-order valence-electron chi connectivity index (χ4n) is 5.49. The highest BCUT2D eigenvalue weighted by molar-refractivity contribution is 5.78. The molecular formula is C28H27F7N2O5. The van der Waals surface area contributed by atoms with Crippen LogP contribution in [0.1, 0.15) is 68.4 Å². The maximum Gasteiger partial charge on any atom is 0.416 e. The van der Waals surface area contributed by atoms with Gasteiger partial charge in [-0.2, -0.15) is 30.7 Å². The molecule has 1 aliphatic carbocycles. The predicted octanol–water partition coefficient (Wildman–Crippen LogP) is 8.33. The third kappa shape index (κ3) is 6.16. The van der Waals surface area contributed by atoms with Crippen molar-refractivity contribution in [2.75, 3.05) is 13.7 Å². The van der Waals surface area contributed by atoms with Gasteiger partial charge in [0.15, 0.2) is 0 Å². The van der Waals surface area contributed by atoms with E-state index in [1.807, 2.05) is 13.8 Å². The van der Waals surface area contributed by atoms with Gasteiger partial charge in [0.25, 0.3) is 0 Å². The van der Waals surface area contributed by atoms with Gasteiger partial charge in [-0.1, -0.05) is 13.8 Å². The quantitative estimate of drug-likeness (QED) is 0.188. The number of allylic oxidation sites excluding steroid dienone is 1. The van der Waals surface area contributed by atoms with E-state index in [4.69, 9.17) is 9.47 Å². The van der Waals surface area contributed by atoms with Crippen LogP contribution in [0.5, 0.6) is 5.75 Å². The molecule has 2 aliphatic rings. The lowest BCUT2D eigenvalue weighted by Gasteiger charge is -2.35. The smallest absolute Gasteiger partial charge is 0.416 e. The Balaban J connectivity index is 1.77. The predicted molar refractivity (Wildman–Crippen MR) is 136 cm³/mol. The Bertz CT molecular complexity index is 1420. The van der Waals surface area contributed by atoms with Crippen LogP contribution in [0.2, 0.25) is 0 Å². The van der Waals surface area contributed by atoms with Crippen molar-refractivity contribution in [2.45, 2.75) is 64.5 Å². The van der Waals surface area contributed by atoms with Gasteiger partial charge in [-0.15, -0.1) is 0 Å². The molecule has 0 bridgehead atoms. The van der Waals surface area contributed by atoms with Crippen LogP contribution in [0.4, 0.5) is 41.2 Å². The standard InChI is InChI=1S/C28H27F7N2O5/c1-14-24(15-7-17(27(30,31)32)9-18(8-15)28(33,34)35)42-25(38)36(14)13-16-12-26(2,3)6-5-19(16)20-10-22(37(39)40)21(29)11-23(20)41-4/h7-11,14,24H,5-6,12-13H2,1-4H3/t14-,24?/m0/s1. The first-order chi connectivity index (χ1) is 19.3. The van der Waals surface area contributed by atoms with E-state index >= 15 is 0 Å². The topological polar surface area (TPSA) is 81.9 Å². The molecule has 2 aromatic carbocycles. The molecule has 4 rings (SSSR count). The summed E-state index contributed by atoms with van der Waals surface area (Å²) >= 11 is 0. The largest absolute Gasteiger partial charge is 0.496 e. The lowest BCUT2D eigenvalue weighted by molar-refractivity contribution is -0.387. The number of amides is 1. The van der Waals surface area contributed by atoms with E-state index < -0.39 is 63.7 Å². The molecule has 7 nitrogen and oxygen atoms in total. The van der Waals surface area contributed by atoms with E-state index in [0.29, 0.717) is 42.5 Å². The first-order valence-electron chi connectivity index (χ1n) is 12.8. The number of methoxy groups -OCH3 is 1. The molecule has 0 radical (unpaired) electrons. The van der Waals surface area contributed by atoms with Crippen LogP contribution in [-0.4, -0.2) is 35.6 Å². The van der Waals surface area contributed by atoms with Crippen LogP contribution in [-0.2, 0) is 17.1 Å². The summed E-state index contributed by atoms with van der Waals surface area (Å²) in [6.07, 6.45) is -11.1.